The Bertz CT molecular complexity index is 1760. The second-order valence-electron chi connectivity index (χ2n) is 11.5. The molecule has 3 aromatic rings. The largest absolute Gasteiger partial charge is 0.416 e. The van der Waals surface area contributed by atoms with Gasteiger partial charge in [-0.05, 0) is 62.4 Å². The summed E-state index contributed by atoms with van der Waals surface area (Å²) in [5.41, 5.74) is -0.808. The van der Waals surface area contributed by atoms with Crippen LogP contribution in [0.2, 0.25) is 5.02 Å². The van der Waals surface area contributed by atoms with E-state index in [1.165, 1.54) is 30.3 Å². The van der Waals surface area contributed by atoms with Gasteiger partial charge in [0, 0.05) is 50.8 Å². The Labute approximate surface area is 270 Å². The topological polar surface area (TPSA) is 83.4 Å². The highest BCUT2D eigenvalue weighted by molar-refractivity contribution is 6.48. The first-order chi connectivity index (χ1) is 21.8. The molecule has 7 nitrogen and oxygen atoms in total. The van der Waals surface area contributed by atoms with E-state index in [0.717, 1.165) is 29.2 Å². The number of guanidine groups is 1. The van der Waals surface area contributed by atoms with Crippen LogP contribution >= 0.6 is 11.6 Å². The Balaban J connectivity index is 0.000000474. The number of hydrogen-bond donors (Lipinski definition) is 4. The van der Waals surface area contributed by atoms with Crippen LogP contribution in [0.15, 0.2) is 66.7 Å². The van der Waals surface area contributed by atoms with E-state index >= 15 is 0 Å². The van der Waals surface area contributed by atoms with Crippen molar-refractivity contribution in [3.05, 3.63) is 101 Å². The molecule has 0 atom stereocenters. The Morgan fingerprint density at radius 1 is 1.11 bits per heavy atom. The van der Waals surface area contributed by atoms with Gasteiger partial charge in [-0.25, -0.2) is 17.6 Å². The molecule has 6 rings (SSSR count). The van der Waals surface area contributed by atoms with Crippen LogP contribution < -0.4 is 20.4 Å². The molecule has 0 aromatic heterocycles. The molecule has 3 heterocycles. The normalized spacial score (nSPS) is 17.1. The highest BCUT2D eigenvalue weighted by Crippen LogP contribution is 2.52. The summed E-state index contributed by atoms with van der Waals surface area (Å²) >= 11 is 5.44. The maximum absolute atomic E-state index is 14.0. The van der Waals surface area contributed by atoms with Crippen LogP contribution in [0.5, 0.6) is 0 Å². The van der Waals surface area contributed by atoms with Crippen LogP contribution in [0.1, 0.15) is 36.1 Å². The first-order valence-electron chi connectivity index (χ1n) is 13.9. The highest BCUT2D eigenvalue weighted by Gasteiger charge is 2.54. The Hall–Kier alpha value is -4.21. The van der Waals surface area contributed by atoms with Crippen molar-refractivity contribution >= 4 is 53.3 Å². The molecular formula is C31H27BClF7N5O2. The van der Waals surface area contributed by atoms with Gasteiger partial charge in [0.2, 0.25) is 11.8 Å². The van der Waals surface area contributed by atoms with Crippen LogP contribution in [0.4, 0.5) is 47.8 Å². The summed E-state index contributed by atoms with van der Waals surface area (Å²) in [6.07, 6.45) is -7.63. The number of fused-ring (bicyclic) bond motifs is 5. The second kappa shape index (κ2) is 12.1. The zero-order chi connectivity index (χ0) is 34.6. The lowest BCUT2D eigenvalue weighted by Crippen LogP contribution is -2.66. The van der Waals surface area contributed by atoms with Gasteiger partial charge < -0.3 is 25.7 Å². The van der Waals surface area contributed by atoms with Crippen molar-refractivity contribution in [1.82, 2.24) is 5.32 Å². The minimum Gasteiger partial charge on any atom is -0.381 e. The summed E-state index contributed by atoms with van der Waals surface area (Å²) < 4.78 is 93.3. The fraction of sp³-hybridized carbons (Fsp3) is 0.258. The third-order valence-electron chi connectivity index (χ3n) is 7.37. The first kappa shape index (κ1) is 34.1. The molecule has 3 aliphatic heterocycles. The van der Waals surface area contributed by atoms with E-state index < -0.39 is 41.8 Å². The van der Waals surface area contributed by atoms with Gasteiger partial charge in [0.15, 0.2) is 0 Å². The van der Waals surface area contributed by atoms with E-state index in [4.69, 9.17) is 11.6 Å². The van der Waals surface area contributed by atoms with Crippen molar-refractivity contribution in [2.45, 2.75) is 44.2 Å². The summed E-state index contributed by atoms with van der Waals surface area (Å²) in [6.45, 7) is 10.2. The van der Waals surface area contributed by atoms with Gasteiger partial charge >= 0.3 is 6.18 Å². The van der Waals surface area contributed by atoms with Crippen molar-refractivity contribution in [2.75, 3.05) is 21.7 Å². The Morgan fingerprint density at radius 3 is 2.36 bits per heavy atom. The van der Waals surface area contributed by atoms with Gasteiger partial charge in [0.25, 0.3) is 13.7 Å². The molecule has 0 unspecified atom stereocenters. The maximum atomic E-state index is 14.0. The molecule has 3 aromatic carbocycles. The molecular weight excluding hydrogens is 654 g/mol. The number of halogens is 8. The SMILES string of the molecule is C=C(Nc1cc2c(c3c1CNC3=C)N1C(=NC(C)(C)[B]C1(O)O)N2CC(F)F)c1cc(F)cc(C(F)(F)F)c1.Fc1ccc(Cl)cc1. The average molecular weight is 681 g/mol. The van der Waals surface area contributed by atoms with Gasteiger partial charge in [-0.3, -0.25) is 9.89 Å². The molecule has 0 aliphatic carbocycles. The number of benzene rings is 3. The van der Waals surface area contributed by atoms with E-state index in [9.17, 15) is 40.9 Å². The van der Waals surface area contributed by atoms with E-state index in [1.54, 1.807) is 13.8 Å². The third-order valence-corrected chi connectivity index (χ3v) is 7.62. The molecule has 0 amide bonds. The van der Waals surface area contributed by atoms with Crippen molar-refractivity contribution in [1.29, 1.82) is 0 Å². The van der Waals surface area contributed by atoms with Gasteiger partial charge in [-0.15, -0.1) is 0 Å². The fourth-order valence-electron chi connectivity index (χ4n) is 5.52. The third kappa shape index (κ3) is 6.92. The molecule has 1 radical (unpaired) electrons. The van der Waals surface area contributed by atoms with Gasteiger partial charge in [0.1, 0.15) is 11.6 Å². The summed E-state index contributed by atoms with van der Waals surface area (Å²) in [6, 6.07) is 9.10. The maximum Gasteiger partial charge on any atom is 0.416 e. The van der Waals surface area contributed by atoms with Gasteiger partial charge in [-0.1, -0.05) is 24.8 Å². The zero-order valence-electron chi connectivity index (χ0n) is 24.9. The fourth-order valence-corrected chi connectivity index (χ4v) is 5.65. The molecule has 4 N–H and O–H groups in total. The molecule has 0 bridgehead atoms. The molecule has 247 valence electrons. The summed E-state index contributed by atoms with van der Waals surface area (Å²) in [4.78, 5) is 6.65. The molecule has 0 saturated heterocycles. The second-order valence-corrected chi connectivity index (χ2v) is 11.9. The number of alkyl halides is 5. The van der Waals surface area contributed by atoms with E-state index in [0.29, 0.717) is 27.9 Å². The number of anilines is 3. The highest BCUT2D eigenvalue weighted by atomic mass is 35.5. The van der Waals surface area contributed by atoms with Crippen molar-refractivity contribution in [3.8, 4) is 0 Å². The van der Waals surface area contributed by atoms with Crippen molar-refractivity contribution in [3.63, 3.8) is 0 Å². The molecule has 16 heteroatoms. The van der Waals surface area contributed by atoms with Crippen LogP contribution in [-0.4, -0.2) is 47.7 Å². The van der Waals surface area contributed by atoms with Gasteiger partial charge in [0.05, 0.1) is 23.5 Å². The summed E-state index contributed by atoms with van der Waals surface area (Å²) in [5, 5.41) is 28.5. The minimum atomic E-state index is -4.79. The molecule has 47 heavy (non-hydrogen) atoms. The molecule has 0 fully saturated rings. The lowest BCUT2D eigenvalue weighted by molar-refractivity contribution is -0.137. The number of aliphatic hydroxyl groups is 2. The lowest BCUT2D eigenvalue weighted by atomic mass is 9.55. The van der Waals surface area contributed by atoms with Crippen LogP contribution in [-0.2, 0) is 12.7 Å². The smallest absolute Gasteiger partial charge is 0.381 e. The van der Waals surface area contributed by atoms with E-state index in [2.05, 4.69) is 28.8 Å². The lowest BCUT2D eigenvalue weighted by Gasteiger charge is -2.43. The molecule has 0 saturated carbocycles. The summed E-state index contributed by atoms with van der Waals surface area (Å²) in [7, 11) is 1.16. The minimum absolute atomic E-state index is 0.0822. The quantitative estimate of drug-likeness (QED) is 0.135. The summed E-state index contributed by atoms with van der Waals surface area (Å²) in [5.74, 6) is -4.09. The number of aliphatic imine (C=N–C) groups is 1. The van der Waals surface area contributed by atoms with Crippen LogP contribution in [0, 0.1) is 11.6 Å². The number of nitrogens with one attached hydrogen (secondary N) is 2. The number of rotatable bonds is 5. The van der Waals surface area contributed by atoms with E-state index in [-0.39, 0.29) is 46.6 Å². The zero-order valence-corrected chi connectivity index (χ0v) is 25.6. The number of hydrogen-bond acceptors (Lipinski definition) is 7. The first-order valence-corrected chi connectivity index (χ1v) is 14.3. The van der Waals surface area contributed by atoms with Crippen LogP contribution in [0.3, 0.4) is 0 Å². The predicted octanol–water partition coefficient (Wildman–Crippen LogP) is 6.78. The number of nitrogens with zero attached hydrogens (tertiary/aromatic N) is 3. The van der Waals surface area contributed by atoms with E-state index in [1.807, 2.05) is 0 Å². The monoisotopic (exact) mass is 680 g/mol. The van der Waals surface area contributed by atoms with Crippen LogP contribution in [0.25, 0.3) is 11.4 Å². The standard InChI is InChI=1S/C25H23BF6N5O2.C6H4ClF/c1-11(13-5-14(24(30,31)32)7-15(27)6-13)34-17-8-18-21(20-12(2)33-9-16(17)20)37-22(36(18)10-19(28)29)35-23(3,4)26-25(37,38)39;7-5-1-3-6(8)4-2-5/h5-8,19,33-34,38-39H,1-2,9-10H2,3-4H3;1-4H. The van der Waals surface area contributed by atoms with Crippen molar-refractivity contribution in [2.24, 2.45) is 4.99 Å². The van der Waals surface area contributed by atoms with Gasteiger partial charge in [-0.2, -0.15) is 13.2 Å². The predicted molar refractivity (Wildman–Crippen MR) is 168 cm³/mol. The van der Waals surface area contributed by atoms with Crippen molar-refractivity contribution < 1.29 is 40.9 Å². The Morgan fingerprint density at radius 2 is 1.77 bits per heavy atom. The molecule has 3 aliphatic rings. The Kier molecular flexibility index (Phi) is 8.79. The average Bonchev–Trinajstić information content (AvgIpc) is 3.47. The molecule has 0 spiro atoms.